The highest BCUT2D eigenvalue weighted by Gasteiger charge is 2.29. The summed E-state index contributed by atoms with van der Waals surface area (Å²) in [4.78, 5) is 2.14. The van der Waals surface area contributed by atoms with Gasteiger partial charge in [-0.1, -0.05) is 13.8 Å². The minimum absolute atomic E-state index is 0.277. The molecule has 2 rings (SSSR count). The van der Waals surface area contributed by atoms with Gasteiger partial charge in [0.15, 0.2) is 0 Å². The molecule has 1 heterocycles. The first-order valence-corrected chi connectivity index (χ1v) is 5.46. The highest BCUT2D eigenvalue weighted by Crippen LogP contribution is 2.32. The van der Waals surface area contributed by atoms with Crippen LogP contribution in [0, 0.1) is 22.6 Å². The molecule has 0 atom stereocenters. The van der Waals surface area contributed by atoms with Crippen molar-refractivity contribution < 1.29 is 4.39 Å². The first kappa shape index (κ1) is 10.9. The average molecular weight is 218 g/mol. The molecule has 1 aromatic carbocycles. The van der Waals surface area contributed by atoms with Crippen LogP contribution in [0.15, 0.2) is 18.2 Å². The van der Waals surface area contributed by atoms with Crippen LogP contribution in [-0.2, 0) is 0 Å². The Balaban J connectivity index is 2.29. The minimum Gasteiger partial charge on any atom is -0.371 e. The molecule has 0 bridgehead atoms. The van der Waals surface area contributed by atoms with Crippen molar-refractivity contribution in [2.24, 2.45) is 5.41 Å². The molecule has 1 aromatic rings. The molecule has 1 aliphatic rings. The number of benzene rings is 1. The number of nitriles is 1. The van der Waals surface area contributed by atoms with E-state index in [1.54, 1.807) is 6.07 Å². The lowest BCUT2D eigenvalue weighted by atomic mass is 9.93. The third-order valence-electron chi connectivity index (χ3n) is 3.05. The van der Waals surface area contributed by atoms with Gasteiger partial charge in [-0.25, -0.2) is 4.39 Å². The zero-order valence-corrected chi connectivity index (χ0v) is 9.63. The smallest absolute Gasteiger partial charge is 0.126 e. The van der Waals surface area contributed by atoms with E-state index in [0.717, 1.165) is 25.2 Å². The summed E-state index contributed by atoms with van der Waals surface area (Å²) in [5.74, 6) is -0.334. The van der Waals surface area contributed by atoms with Crippen LogP contribution >= 0.6 is 0 Å². The monoisotopic (exact) mass is 218 g/mol. The number of rotatable bonds is 1. The third kappa shape index (κ3) is 2.16. The van der Waals surface area contributed by atoms with Gasteiger partial charge in [-0.3, -0.25) is 0 Å². The van der Waals surface area contributed by atoms with Crippen LogP contribution in [0.2, 0.25) is 0 Å². The topological polar surface area (TPSA) is 27.0 Å². The number of anilines is 1. The Bertz CT molecular complexity index is 446. The third-order valence-corrected chi connectivity index (χ3v) is 3.05. The van der Waals surface area contributed by atoms with Crippen molar-refractivity contribution >= 4 is 5.69 Å². The SMILES string of the molecule is CC1(C)CCN(c2cc(F)cc(C#N)c2)C1. The Labute approximate surface area is 95.3 Å². The average Bonchev–Trinajstić information content (AvgIpc) is 2.58. The fourth-order valence-electron chi connectivity index (χ4n) is 2.15. The van der Waals surface area contributed by atoms with E-state index in [1.165, 1.54) is 12.1 Å². The van der Waals surface area contributed by atoms with Crippen molar-refractivity contribution in [3.05, 3.63) is 29.6 Å². The van der Waals surface area contributed by atoms with Crippen LogP contribution < -0.4 is 4.90 Å². The normalized spacial score (nSPS) is 18.5. The van der Waals surface area contributed by atoms with Gasteiger partial charge in [0.1, 0.15) is 5.82 Å². The van der Waals surface area contributed by atoms with E-state index in [2.05, 4.69) is 18.7 Å². The van der Waals surface area contributed by atoms with Crippen molar-refractivity contribution in [1.29, 1.82) is 5.26 Å². The van der Waals surface area contributed by atoms with Crippen LogP contribution in [0.5, 0.6) is 0 Å². The molecule has 2 nitrogen and oxygen atoms in total. The van der Waals surface area contributed by atoms with Crippen LogP contribution in [0.1, 0.15) is 25.8 Å². The maximum absolute atomic E-state index is 13.3. The fourth-order valence-corrected chi connectivity index (χ4v) is 2.15. The molecule has 0 amide bonds. The molecule has 84 valence electrons. The second-order valence-corrected chi connectivity index (χ2v) is 5.15. The highest BCUT2D eigenvalue weighted by atomic mass is 19.1. The quantitative estimate of drug-likeness (QED) is 0.724. The predicted octanol–water partition coefficient (Wildman–Crippen LogP) is 2.93. The fraction of sp³-hybridized carbons (Fsp3) is 0.462. The summed E-state index contributed by atoms with van der Waals surface area (Å²) < 4.78 is 13.3. The zero-order valence-electron chi connectivity index (χ0n) is 9.63. The second kappa shape index (κ2) is 3.79. The lowest BCUT2D eigenvalue weighted by Gasteiger charge is -2.21. The largest absolute Gasteiger partial charge is 0.371 e. The van der Waals surface area contributed by atoms with E-state index < -0.39 is 0 Å². The predicted molar refractivity (Wildman–Crippen MR) is 61.7 cm³/mol. The summed E-state index contributed by atoms with van der Waals surface area (Å²) in [7, 11) is 0. The molecule has 1 aliphatic heterocycles. The molecule has 16 heavy (non-hydrogen) atoms. The van der Waals surface area contributed by atoms with Gasteiger partial charge in [-0.15, -0.1) is 0 Å². The first-order chi connectivity index (χ1) is 7.50. The maximum atomic E-state index is 13.3. The summed E-state index contributed by atoms with van der Waals surface area (Å²) in [6, 6.07) is 6.51. The Hall–Kier alpha value is -1.56. The number of halogens is 1. The molecule has 0 radical (unpaired) electrons. The number of hydrogen-bond donors (Lipinski definition) is 0. The van der Waals surface area contributed by atoms with Crippen molar-refractivity contribution in [2.45, 2.75) is 20.3 Å². The molecule has 0 saturated carbocycles. The summed E-state index contributed by atoms with van der Waals surface area (Å²) in [6.45, 7) is 6.26. The molecule has 0 unspecified atom stereocenters. The lowest BCUT2D eigenvalue weighted by Crippen LogP contribution is -2.22. The minimum atomic E-state index is -0.334. The molecular weight excluding hydrogens is 203 g/mol. The Kier molecular flexibility index (Phi) is 2.59. The van der Waals surface area contributed by atoms with Crippen molar-refractivity contribution in [2.75, 3.05) is 18.0 Å². The van der Waals surface area contributed by atoms with Gasteiger partial charge in [0.05, 0.1) is 11.6 Å². The number of hydrogen-bond acceptors (Lipinski definition) is 2. The van der Waals surface area contributed by atoms with E-state index in [-0.39, 0.29) is 11.2 Å². The van der Waals surface area contributed by atoms with Gasteiger partial charge >= 0.3 is 0 Å². The van der Waals surface area contributed by atoms with Gasteiger partial charge in [0.2, 0.25) is 0 Å². The summed E-state index contributed by atoms with van der Waals surface area (Å²) >= 11 is 0. The van der Waals surface area contributed by atoms with Gasteiger partial charge in [0.25, 0.3) is 0 Å². The van der Waals surface area contributed by atoms with E-state index in [0.29, 0.717) is 5.56 Å². The maximum Gasteiger partial charge on any atom is 0.126 e. The molecule has 1 saturated heterocycles. The Morgan fingerprint density at radius 1 is 1.38 bits per heavy atom. The number of nitrogens with zero attached hydrogens (tertiary/aromatic N) is 2. The molecule has 0 aliphatic carbocycles. The summed E-state index contributed by atoms with van der Waals surface area (Å²) in [5.41, 5.74) is 1.49. The van der Waals surface area contributed by atoms with Crippen molar-refractivity contribution in [1.82, 2.24) is 0 Å². The zero-order chi connectivity index (χ0) is 11.8. The van der Waals surface area contributed by atoms with Crippen LogP contribution in [-0.4, -0.2) is 13.1 Å². The van der Waals surface area contributed by atoms with Crippen LogP contribution in [0.3, 0.4) is 0 Å². The van der Waals surface area contributed by atoms with Crippen LogP contribution in [0.4, 0.5) is 10.1 Å². The van der Waals surface area contributed by atoms with Crippen molar-refractivity contribution in [3.63, 3.8) is 0 Å². The molecule has 0 spiro atoms. The Morgan fingerprint density at radius 3 is 2.69 bits per heavy atom. The molecule has 1 fully saturated rings. The van der Waals surface area contributed by atoms with E-state index in [9.17, 15) is 4.39 Å². The summed E-state index contributed by atoms with van der Waals surface area (Å²) in [6.07, 6.45) is 1.10. The molecule has 3 heteroatoms. The standard InChI is InChI=1S/C13H15FN2/c1-13(2)3-4-16(9-13)12-6-10(8-15)5-11(14)7-12/h5-7H,3-4,9H2,1-2H3. The van der Waals surface area contributed by atoms with Gasteiger partial charge < -0.3 is 4.90 Å². The van der Waals surface area contributed by atoms with Gasteiger partial charge in [-0.05, 0) is 30.0 Å². The van der Waals surface area contributed by atoms with Crippen molar-refractivity contribution in [3.8, 4) is 6.07 Å². The van der Waals surface area contributed by atoms with Gasteiger partial charge in [0, 0.05) is 18.8 Å². The molecular formula is C13H15FN2. The van der Waals surface area contributed by atoms with Gasteiger partial charge in [-0.2, -0.15) is 5.26 Å². The molecule has 0 aromatic heterocycles. The summed E-state index contributed by atoms with van der Waals surface area (Å²) in [5, 5.41) is 8.80. The van der Waals surface area contributed by atoms with E-state index in [1.807, 2.05) is 6.07 Å². The molecule has 0 N–H and O–H groups in total. The highest BCUT2D eigenvalue weighted by molar-refractivity contribution is 5.52. The first-order valence-electron chi connectivity index (χ1n) is 5.46. The van der Waals surface area contributed by atoms with Crippen LogP contribution in [0.25, 0.3) is 0 Å². The lowest BCUT2D eigenvalue weighted by molar-refractivity contribution is 0.418. The Morgan fingerprint density at radius 2 is 2.12 bits per heavy atom. The van der Waals surface area contributed by atoms with E-state index in [4.69, 9.17) is 5.26 Å². The second-order valence-electron chi connectivity index (χ2n) is 5.15. The van der Waals surface area contributed by atoms with E-state index >= 15 is 0 Å².